The van der Waals surface area contributed by atoms with Crippen molar-refractivity contribution in [3.8, 4) is 5.75 Å². The van der Waals surface area contributed by atoms with Crippen LogP contribution in [0.2, 0.25) is 0 Å². The molecule has 1 amide bonds. The molecule has 2 rings (SSSR count). The fraction of sp³-hybridized carbons (Fsp3) is 0.467. The van der Waals surface area contributed by atoms with Crippen molar-refractivity contribution in [1.29, 1.82) is 0 Å². The molecule has 1 aromatic rings. The molecule has 0 radical (unpaired) electrons. The van der Waals surface area contributed by atoms with Crippen LogP contribution in [0.25, 0.3) is 0 Å². The van der Waals surface area contributed by atoms with Gasteiger partial charge >= 0.3 is 5.97 Å². The van der Waals surface area contributed by atoms with Crippen molar-refractivity contribution in [1.82, 2.24) is 5.32 Å². The van der Waals surface area contributed by atoms with E-state index in [1.54, 1.807) is 24.3 Å². The number of sulfone groups is 1. The number of methoxy groups -OCH3 is 1. The van der Waals surface area contributed by atoms with Gasteiger partial charge in [-0.25, -0.2) is 8.42 Å². The van der Waals surface area contributed by atoms with E-state index >= 15 is 0 Å². The second-order valence-electron chi connectivity index (χ2n) is 5.36. The van der Waals surface area contributed by atoms with E-state index in [-0.39, 0.29) is 17.9 Å². The number of nitrogens with one attached hydrogen (secondary N) is 1. The third kappa shape index (κ3) is 5.55. The largest absolute Gasteiger partial charge is 0.497 e. The Hall–Kier alpha value is -2.09. The minimum atomic E-state index is -3.05. The Labute approximate surface area is 134 Å². The van der Waals surface area contributed by atoms with E-state index in [0.29, 0.717) is 12.2 Å². The molecule has 0 aliphatic carbocycles. The number of carbonyl (C=O) groups excluding carboxylic acids is 2. The molecule has 7 nitrogen and oxygen atoms in total. The smallest absolute Gasteiger partial charge is 0.310 e. The van der Waals surface area contributed by atoms with E-state index in [0.717, 1.165) is 5.56 Å². The highest BCUT2D eigenvalue weighted by atomic mass is 32.2. The molecule has 1 fully saturated rings. The van der Waals surface area contributed by atoms with Crippen LogP contribution in [0.3, 0.4) is 0 Å². The molecule has 0 aromatic heterocycles. The van der Waals surface area contributed by atoms with Gasteiger partial charge in [0.05, 0.1) is 25.0 Å². The van der Waals surface area contributed by atoms with Gasteiger partial charge in [0.2, 0.25) is 0 Å². The Kier molecular flexibility index (Phi) is 5.59. The van der Waals surface area contributed by atoms with Crippen molar-refractivity contribution in [2.75, 3.05) is 25.2 Å². The van der Waals surface area contributed by atoms with Crippen molar-refractivity contribution >= 4 is 21.7 Å². The minimum Gasteiger partial charge on any atom is -0.497 e. The molecular weight excluding hydrogens is 322 g/mol. The summed E-state index contributed by atoms with van der Waals surface area (Å²) in [5.74, 6) is -0.376. The van der Waals surface area contributed by atoms with Gasteiger partial charge in [-0.15, -0.1) is 0 Å². The second-order valence-corrected chi connectivity index (χ2v) is 7.59. The lowest BCUT2D eigenvalue weighted by atomic mass is 10.1. The molecule has 0 saturated carbocycles. The number of carbonyl (C=O) groups is 2. The van der Waals surface area contributed by atoms with Gasteiger partial charge in [0.1, 0.15) is 5.75 Å². The molecule has 1 heterocycles. The van der Waals surface area contributed by atoms with E-state index in [9.17, 15) is 18.0 Å². The Morgan fingerprint density at radius 2 is 2.13 bits per heavy atom. The molecule has 8 heteroatoms. The van der Waals surface area contributed by atoms with Crippen LogP contribution in [-0.2, 0) is 30.6 Å². The zero-order valence-corrected chi connectivity index (χ0v) is 13.6. The van der Waals surface area contributed by atoms with E-state index in [1.807, 2.05) is 0 Å². The lowest BCUT2D eigenvalue weighted by Gasteiger charge is -2.11. The summed E-state index contributed by atoms with van der Waals surface area (Å²) in [6.45, 7) is -0.417. The predicted molar refractivity (Wildman–Crippen MR) is 82.9 cm³/mol. The van der Waals surface area contributed by atoms with E-state index in [1.165, 1.54) is 7.11 Å². The number of benzene rings is 1. The third-order valence-corrected chi connectivity index (χ3v) is 5.21. The molecule has 1 aromatic carbocycles. The zero-order valence-electron chi connectivity index (χ0n) is 12.8. The normalized spacial score (nSPS) is 19.1. The summed E-state index contributed by atoms with van der Waals surface area (Å²) in [5.41, 5.74) is 0.719. The van der Waals surface area contributed by atoms with Gasteiger partial charge in [-0.05, 0) is 24.1 Å². The number of hydrogen-bond acceptors (Lipinski definition) is 6. The van der Waals surface area contributed by atoms with Gasteiger partial charge in [0, 0.05) is 6.04 Å². The first-order valence-electron chi connectivity index (χ1n) is 7.16. The minimum absolute atomic E-state index is 0.0300. The Balaban J connectivity index is 1.74. The maximum absolute atomic E-state index is 11.7. The lowest BCUT2D eigenvalue weighted by Crippen LogP contribution is -2.38. The summed E-state index contributed by atoms with van der Waals surface area (Å²) in [7, 11) is -1.52. The Morgan fingerprint density at radius 3 is 2.78 bits per heavy atom. The average Bonchev–Trinajstić information content (AvgIpc) is 2.84. The molecule has 0 unspecified atom stereocenters. The standard InChI is InChI=1S/C15H19NO6S/c1-21-13-4-2-3-11(7-13)8-15(18)22-9-14(17)16-12-5-6-23(19,20)10-12/h2-4,7,12H,5-6,8-10H2,1H3,(H,16,17)/t12-/m0/s1. The van der Waals surface area contributed by atoms with Crippen molar-refractivity contribution in [3.63, 3.8) is 0 Å². The maximum atomic E-state index is 11.7. The molecular formula is C15H19NO6S. The van der Waals surface area contributed by atoms with Crippen LogP contribution in [0.15, 0.2) is 24.3 Å². The highest BCUT2D eigenvalue weighted by Gasteiger charge is 2.29. The number of hydrogen-bond donors (Lipinski definition) is 1. The summed E-state index contributed by atoms with van der Waals surface area (Å²) in [6.07, 6.45) is 0.425. The molecule has 126 valence electrons. The van der Waals surface area contributed by atoms with Crippen LogP contribution in [0.5, 0.6) is 5.75 Å². The first-order chi connectivity index (χ1) is 10.9. The first kappa shape index (κ1) is 17.3. The molecule has 1 atom stereocenters. The fourth-order valence-electron chi connectivity index (χ4n) is 2.32. The fourth-order valence-corrected chi connectivity index (χ4v) is 4.00. The van der Waals surface area contributed by atoms with Gasteiger partial charge in [0.25, 0.3) is 5.91 Å². The van der Waals surface area contributed by atoms with Crippen LogP contribution < -0.4 is 10.1 Å². The Morgan fingerprint density at radius 1 is 1.35 bits per heavy atom. The average molecular weight is 341 g/mol. The van der Waals surface area contributed by atoms with Gasteiger partial charge in [-0.3, -0.25) is 9.59 Å². The van der Waals surface area contributed by atoms with E-state index < -0.39 is 34.4 Å². The summed E-state index contributed by atoms with van der Waals surface area (Å²) >= 11 is 0. The van der Waals surface area contributed by atoms with Gasteiger partial charge in [0.15, 0.2) is 16.4 Å². The number of rotatable bonds is 6. The first-order valence-corrected chi connectivity index (χ1v) is 8.98. The molecule has 0 spiro atoms. The van der Waals surface area contributed by atoms with Crippen molar-refractivity contribution < 1.29 is 27.5 Å². The van der Waals surface area contributed by atoms with Crippen molar-refractivity contribution in [2.45, 2.75) is 18.9 Å². The van der Waals surface area contributed by atoms with Gasteiger partial charge in [-0.1, -0.05) is 12.1 Å². The second kappa shape index (κ2) is 7.45. The lowest BCUT2D eigenvalue weighted by molar-refractivity contribution is -0.148. The van der Waals surface area contributed by atoms with Crippen LogP contribution in [0.4, 0.5) is 0 Å². The number of ether oxygens (including phenoxy) is 2. The van der Waals surface area contributed by atoms with Crippen LogP contribution >= 0.6 is 0 Å². The van der Waals surface area contributed by atoms with Crippen molar-refractivity contribution in [2.24, 2.45) is 0 Å². The highest BCUT2D eigenvalue weighted by molar-refractivity contribution is 7.91. The topological polar surface area (TPSA) is 98.8 Å². The third-order valence-electron chi connectivity index (χ3n) is 3.44. The summed E-state index contributed by atoms with van der Waals surface area (Å²) < 4.78 is 32.6. The summed E-state index contributed by atoms with van der Waals surface area (Å²) in [6, 6.07) is 6.59. The quantitative estimate of drug-likeness (QED) is 0.736. The van der Waals surface area contributed by atoms with Gasteiger partial charge < -0.3 is 14.8 Å². The summed E-state index contributed by atoms with van der Waals surface area (Å²) in [5, 5.41) is 2.56. The van der Waals surface area contributed by atoms with Crippen LogP contribution in [0, 0.1) is 0 Å². The van der Waals surface area contributed by atoms with E-state index in [4.69, 9.17) is 9.47 Å². The monoisotopic (exact) mass is 341 g/mol. The van der Waals surface area contributed by atoms with Crippen LogP contribution in [0.1, 0.15) is 12.0 Å². The number of esters is 1. The molecule has 1 saturated heterocycles. The summed E-state index contributed by atoms with van der Waals surface area (Å²) in [4.78, 5) is 23.4. The van der Waals surface area contributed by atoms with Crippen LogP contribution in [-0.4, -0.2) is 51.6 Å². The highest BCUT2D eigenvalue weighted by Crippen LogP contribution is 2.13. The number of amides is 1. The molecule has 1 aliphatic heterocycles. The molecule has 0 bridgehead atoms. The Bertz CT molecular complexity index is 685. The predicted octanol–water partition coefficient (Wildman–Crippen LogP) is 0.0842. The van der Waals surface area contributed by atoms with E-state index in [2.05, 4.69) is 5.32 Å². The van der Waals surface area contributed by atoms with Crippen molar-refractivity contribution in [3.05, 3.63) is 29.8 Å². The zero-order chi connectivity index (χ0) is 16.9. The molecule has 1 N–H and O–H groups in total. The molecule has 1 aliphatic rings. The SMILES string of the molecule is COc1cccc(CC(=O)OCC(=O)N[C@H]2CCS(=O)(=O)C2)c1. The maximum Gasteiger partial charge on any atom is 0.310 e. The van der Waals surface area contributed by atoms with Gasteiger partial charge in [-0.2, -0.15) is 0 Å². The molecule has 23 heavy (non-hydrogen) atoms.